The first-order chi connectivity index (χ1) is 13.2. The molecule has 1 fully saturated rings. The lowest BCUT2D eigenvalue weighted by Gasteiger charge is -2.28. The molecule has 7 heteroatoms. The second-order valence-corrected chi connectivity index (χ2v) is 6.28. The van der Waals surface area contributed by atoms with Crippen LogP contribution in [-0.2, 0) is 16.1 Å². The molecule has 0 bridgehead atoms. The summed E-state index contributed by atoms with van der Waals surface area (Å²) in [7, 11) is 0. The van der Waals surface area contributed by atoms with Gasteiger partial charge < -0.3 is 19.7 Å². The van der Waals surface area contributed by atoms with Crippen LogP contribution >= 0.6 is 0 Å². The molecular formula is C20H24FN3O3. The number of nitrogens with one attached hydrogen (secondary N) is 1. The number of rotatable bonds is 8. The van der Waals surface area contributed by atoms with Crippen LogP contribution in [-0.4, -0.2) is 43.8 Å². The summed E-state index contributed by atoms with van der Waals surface area (Å²) in [4.78, 5) is 18.6. The Morgan fingerprint density at radius 3 is 2.89 bits per heavy atom. The van der Waals surface area contributed by atoms with Crippen molar-refractivity contribution >= 4 is 11.7 Å². The number of ether oxygens (including phenoxy) is 2. The third-order valence-corrected chi connectivity index (χ3v) is 4.28. The molecule has 6 nitrogen and oxygen atoms in total. The number of para-hydroxylation sites is 1. The van der Waals surface area contributed by atoms with Gasteiger partial charge in [0.05, 0.1) is 19.8 Å². The van der Waals surface area contributed by atoms with Crippen LogP contribution in [0.5, 0.6) is 5.75 Å². The fraction of sp³-hybridized carbons (Fsp3) is 0.400. The summed E-state index contributed by atoms with van der Waals surface area (Å²) in [5.41, 5.74) is 1.00. The molecule has 1 aliphatic rings. The van der Waals surface area contributed by atoms with Crippen LogP contribution in [0.2, 0.25) is 0 Å². The van der Waals surface area contributed by atoms with E-state index in [2.05, 4.69) is 15.2 Å². The summed E-state index contributed by atoms with van der Waals surface area (Å²) < 4.78 is 24.1. The Morgan fingerprint density at radius 2 is 2.07 bits per heavy atom. The highest BCUT2D eigenvalue weighted by Crippen LogP contribution is 2.16. The van der Waals surface area contributed by atoms with E-state index >= 15 is 0 Å². The predicted octanol–water partition coefficient (Wildman–Crippen LogP) is 2.53. The Hall–Kier alpha value is -2.67. The van der Waals surface area contributed by atoms with Gasteiger partial charge in [0.2, 0.25) is 5.91 Å². The maximum atomic E-state index is 13.4. The van der Waals surface area contributed by atoms with Crippen LogP contribution in [0, 0.1) is 5.82 Å². The second kappa shape index (κ2) is 9.87. The van der Waals surface area contributed by atoms with Gasteiger partial charge in [-0.05, 0) is 36.2 Å². The zero-order valence-corrected chi connectivity index (χ0v) is 15.2. The predicted molar refractivity (Wildman–Crippen MR) is 100 cm³/mol. The number of pyridine rings is 1. The van der Waals surface area contributed by atoms with Gasteiger partial charge in [-0.1, -0.05) is 12.1 Å². The van der Waals surface area contributed by atoms with Crippen molar-refractivity contribution in [2.45, 2.75) is 19.4 Å². The van der Waals surface area contributed by atoms with Crippen molar-refractivity contribution in [2.24, 2.45) is 0 Å². The topological polar surface area (TPSA) is 63.7 Å². The van der Waals surface area contributed by atoms with Crippen LogP contribution in [0.3, 0.4) is 0 Å². The van der Waals surface area contributed by atoms with E-state index in [0.717, 1.165) is 24.5 Å². The molecule has 0 radical (unpaired) electrons. The molecule has 2 heterocycles. The first-order valence-electron chi connectivity index (χ1n) is 9.14. The summed E-state index contributed by atoms with van der Waals surface area (Å²) in [5.74, 6) is 0.668. The second-order valence-electron chi connectivity index (χ2n) is 6.28. The number of nitrogens with zero attached hydrogens (tertiary/aromatic N) is 2. The third-order valence-electron chi connectivity index (χ3n) is 4.28. The lowest BCUT2D eigenvalue weighted by Crippen LogP contribution is -2.36. The van der Waals surface area contributed by atoms with Crippen LogP contribution in [0.25, 0.3) is 0 Å². The van der Waals surface area contributed by atoms with Crippen molar-refractivity contribution in [1.29, 1.82) is 0 Å². The van der Waals surface area contributed by atoms with Gasteiger partial charge in [-0.25, -0.2) is 9.37 Å². The van der Waals surface area contributed by atoms with Crippen molar-refractivity contribution in [3.63, 3.8) is 0 Å². The Balaban J connectivity index is 1.38. The first-order valence-corrected chi connectivity index (χ1v) is 9.14. The normalized spacial score (nSPS) is 14.0. The fourth-order valence-corrected chi connectivity index (χ4v) is 2.80. The number of benzene rings is 1. The van der Waals surface area contributed by atoms with E-state index in [9.17, 15) is 9.18 Å². The number of morpholine rings is 1. The average molecular weight is 373 g/mol. The summed E-state index contributed by atoms with van der Waals surface area (Å²) in [5, 5.41) is 2.90. The lowest BCUT2D eigenvalue weighted by atomic mass is 10.2. The Labute approximate surface area is 158 Å². The Bertz CT molecular complexity index is 751. The summed E-state index contributed by atoms with van der Waals surface area (Å²) in [6.45, 7) is 3.81. The summed E-state index contributed by atoms with van der Waals surface area (Å²) in [6.07, 6.45) is 2.61. The third kappa shape index (κ3) is 5.92. The molecular weight excluding hydrogens is 349 g/mol. The summed E-state index contributed by atoms with van der Waals surface area (Å²) >= 11 is 0. The highest BCUT2D eigenvalue weighted by atomic mass is 19.1. The highest BCUT2D eigenvalue weighted by Gasteiger charge is 2.12. The molecule has 1 N–H and O–H groups in total. The minimum absolute atomic E-state index is 0.0585. The van der Waals surface area contributed by atoms with Crippen molar-refractivity contribution in [1.82, 2.24) is 10.3 Å². The molecule has 144 valence electrons. The van der Waals surface area contributed by atoms with Gasteiger partial charge in [0.1, 0.15) is 5.82 Å². The maximum absolute atomic E-state index is 13.4. The molecule has 0 atom stereocenters. The van der Waals surface area contributed by atoms with E-state index in [4.69, 9.17) is 9.47 Å². The monoisotopic (exact) mass is 373 g/mol. The van der Waals surface area contributed by atoms with Gasteiger partial charge in [-0.15, -0.1) is 0 Å². The lowest BCUT2D eigenvalue weighted by molar-refractivity contribution is -0.121. The molecule has 1 aromatic heterocycles. The van der Waals surface area contributed by atoms with Crippen LogP contribution < -0.4 is 15.0 Å². The van der Waals surface area contributed by atoms with E-state index in [1.165, 1.54) is 6.07 Å². The SMILES string of the molecule is O=C(CCCOc1ccccc1F)NCc1ccnc(N2CCOCC2)c1. The Kier molecular flexibility index (Phi) is 6.98. The molecule has 0 unspecified atom stereocenters. The van der Waals surface area contributed by atoms with Gasteiger partial charge >= 0.3 is 0 Å². The molecule has 1 amide bonds. The number of anilines is 1. The van der Waals surface area contributed by atoms with E-state index in [1.807, 2.05) is 12.1 Å². The minimum atomic E-state index is -0.393. The van der Waals surface area contributed by atoms with Gasteiger partial charge in [-0.2, -0.15) is 0 Å². The maximum Gasteiger partial charge on any atom is 0.220 e. The molecule has 3 rings (SSSR count). The molecule has 0 aliphatic carbocycles. The van der Waals surface area contributed by atoms with Crippen molar-refractivity contribution < 1.29 is 18.7 Å². The number of carbonyl (C=O) groups excluding carboxylic acids is 1. The smallest absolute Gasteiger partial charge is 0.220 e. The summed E-state index contributed by atoms with van der Waals surface area (Å²) in [6, 6.07) is 10.1. The van der Waals surface area contributed by atoms with E-state index in [1.54, 1.807) is 24.4 Å². The number of hydrogen-bond acceptors (Lipinski definition) is 5. The number of carbonyl (C=O) groups is 1. The van der Waals surface area contributed by atoms with E-state index < -0.39 is 5.82 Å². The number of hydrogen-bond donors (Lipinski definition) is 1. The van der Waals surface area contributed by atoms with E-state index in [-0.39, 0.29) is 11.7 Å². The minimum Gasteiger partial charge on any atom is -0.491 e. The average Bonchev–Trinajstić information content (AvgIpc) is 2.72. The number of amides is 1. The zero-order chi connectivity index (χ0) is 18.9. The quantitative estimate of drug-likeness (QED) is 0.721. The van der Waals surface area contributed by atoms with Crippen molar-refractivity contribution in [2.75, 3.05) is 37.8 Å². The molecule has 27 heavy (non-hydrogen) atoms. The standard InChI is InChI=1S/C20H24FN3O3/c21-17-4-1-2-5-18(17)27-11-3-6-20(25)23-15-16-7-8-22-19(14-16)24-9-12-26-13-10-24/h1-2,4-5,7-8,14H,3,6,9-13,15H2,(H,23,25). The van der Waals surface area contributed by atoms with Crippen LogP contribution in [0.4, 0.5) is 10.2 Å². The molecule has 0 spiro atoms. The molecule has 1 aliphatic heterocycles. The van der Waals surface area contributed by atoms with Crippen LogP contribution in [0.1, 0.15) is 18.4 Å². The van der Waals surface area contributed by atoms with Crippen molar-refractivity contribution in [3.05, 3.63) is 54.0 Å². The largest absolute Gasteiger partial charge is 0.491 e. The molecule has 1 aromatic carbocycles. The highest BCUT2D eigenvalue weighted by molar-refractivity contribution is 5.75. The van der Waals surface area contributed by atoms with Gasteiger partial charge in [0.25, 0.3) is 0 Å². The zero-order valence-electron chi connectivity index (χ0n) is 15.2. The van der Waals surface area contributed by atoms with Crippen molar-refractivity contribution in [3.8, 4) is 5.75 Å². The molecule has 0 saturated carbocycles. The van der Waals surface area contributed by atoms with Crippen LogP contribution in [0.15, 0.2) is 42.6 Å². The van der Waals surface area contributed by atoms with E-state index in [0.29, 0.717) is 39.2 Å². The van der Waals surface area contributed by atoms with Gasteiger partial charge in [0.15, 0.2) is 11.6 Å². The molecule has 2 aromatic rings. The first kappa shape index (κ1) is 19.1. The number of halogens is 1. The fourth-order valence-electron chi connectivity index (χ4n) is 2.80. The van der Waals surface area contributed by atoms with Gasteiger partial charge in [0, 0.05) is 32.3 Å². The number of aromatic nitrogens is 1. The Morgan fingerprint density at radius 1 is 1.26 bits per heavy atom. The van der Waals surface area contributed by atoms with Gasteiger partial charge in [-0.3, -0.25) is 4.79 Å². The molecule has 1 saturated heterocycles.